The lowest BCUT2D eigenvalue weighted by molar-refractivity contribution is -0.122. The number of halogens is 3. The normalized spacial score (nSPS) is 24.0. The number of amides is 1. The van der Waals surface area contributed by atoms with Crippen molar-refractivity contribution >= 4 is 24.0 Å². The molecule has 2 atom stereocenters. The maximum atomic E-state index is 12.4. The summed E-state index contributed by atoms with van der Waals surface area (Å²) in [4.78, 5) is 12.4. The van der Waals surface area contributed by atoms with Crippen molar-refractivity contribution in [3.8, 4) is 5.75 Å². The molecule has 2 unspecified atom stereocenters. The largest absolute Gasteiger partial charge is 0.488 e. The van der Waals surface area contributed by atoms with Crippen LogP contribution in [0.5, 0.6) is 5.75 Å². The summed E-state index contributed by atoms with van der Waals surface area (Å²) in [6, 6.07) is 6.38. The molecule has 0 bridgehead atoms. The average molecular weight is 349 g/mol. The predicted octanol–water partition coefficient (Wildman–Crippen LogP) is 3.60. The minimum atomic E-state index is -2.51. The van der Waals surface area contributed by atoms with Gasteiger partial charge in [0.2, 0.25) is 5.91 Å². The third kappa shape index (κ3) is 5.62. The minimum Gasteiger partial charge on any atom is -0.488 e. The van der Waals surface area contributed by atoms with Crippen molar-refractivity contribution in [3.05, 3.63) is 24.3 Å². The second-order valence-electron chi connectivity index (χ2n) is 6.02. The summed E-state index contributed by atoms with van der Waals surface area (Å²) in [5.41, 5.74) is 6.34. The van der Waals surface area contributed by atoms with Crippen molar-refractivity contribution in [2.45, 2.75) is 44.6 Å². The number of rotatable bonds is 5. The summed E-state index contributed by atoms with van der Waals surface area (Å²) in [5, 5.41) is 2.84. The van der Waals surface area contributed by atoms with Gasteiger partial charge in [0.15, 0.2) is 0 Å². The zero-order valence-corrected chi connectivity index (χ0v) is 13.9. The zero-order valence-electron chi connectivity index (χ0n) is 13.1. The Balaban J connectivity index is 0.00000264. The van der Waals surface area contributed by atoms with E-state index in [0.29, 0.717) is 11.4 Å². The fourth-order valence-corrected chi connectivity index (χ4v) is 2.81. The van der Waals surface area contributed by atoms with E-state index in [9.17, 15) is 13.6 Å². The van der Waals surface area contributed by atoms with Gasteiger partial charge in [-0.25, -0.2) is 8.78 Å². The lowest BCUT2D eigenvalue weighted by Gasteiger charge is -2.37. The maximum Gasteiger partial charge on any atom is 0.272 e. The van der Waals surface area contributed by atoms with Crippen LogP contribution in [0.2, 0.25) is 0 Å². The Morgan fingerprint density at radius 1 is 1.39 bits per heavy atom. The van der Waals surface area contributed by atoms with E-state index in [1.165, 1.54) is 0 Å². The molecule has 7 heteroatoms. The zero-order chi connectivity index (χ0) is 16.2. The van der Waals surface area contributed by atoms with Gasteiger partial charge in [0.1, 0.15) is 12.4 Å². The first-order chi connectivity index (χ1) is 10.4. The van der Waals surface area contributed by atoms with Crippen LogP contribution in [-0.4, -0.2) is 24.5 Å². The van der Waals surface area contributed by atoms with Crippen molar-refractivity contribution in [2.75, 3.05) is 11.9 Å². The fraction of sp³-hybridized carbons (Fsp3) is 0.562. The number of nitrogens with one attached hydrogen (secondary N) is 1. The van der Waals surface area contributed by atoms with E-state index >= 15 is 0 Å². The molecule has 1 fully saturated rings. The summed E-state index contributed by atoms with van der Waals surface area (Å²) in [6.45, 7) is 1.27. The van der Waals surface area contributed by atoms with E-state index in [-0.39, 0.29) is 24.2 Å². The van der Waals surface area contributed by atoms with Crippen LogP contribution in [0.15, 0.2) is 24.3 Å². The number of hydrogen-bond acceptors (Lipinski definition) is 3. The Bertz CT molecular complexity index is 509. The molecule has 2 rings (SSSR count). The highest BCUT2D eigenvalue weighted by Crippen LogP contribution is 2.32. The fourth-order valence-electron chi connectivity index (χ4n) is 2.81. The second-order valence-corrected chi connectivity index (χ2v) is 6.02. The maximum absolute atomic E-state index is 12.4. The van der Waals surface area contributed by atoms with E-state index in [1.54, 1.807) is 24.3 Å². The van der Waals surface area contributed by atoms with Gasteiger partial charge in [-0.3, -0.25) is 4.79 Å². The molecule has 1 amide bonds. The molecule has 1 aliphatic rings. The Labute approximate surface area is 141 Å². The molecule has 0 aromatic heterocycles. The van der Waals surface area contributed by atoms with E-state index < -0.39 is 18.6 Å². The van der Waals surface area contributed by atoms with Crippen molar-refractivity contribution in [2.24, 2.45) is 11.7 Å². The highest BCUT2D eigenvalue weighted by molar-refractivity contribution is 5.93. The summed E-state index contributed by atoms with van der Waals surface area (Å²) < 4.78 is 29.0. The molecule has 130 valence electrons. The molecular weight excluding hydrogens is 326 g/mol. The Morgan fingerprint density at radius 2 is 2.04 bits per heavy atom. The number of anilines is 1. The van der Waals surface area contributed by atoms with Gasteiger partial charge in [-0.15, -0.1) is 12.4 Å². The number of nitrogens with two attached hydrogens (primary N) is 1. The van der Waals surface area contributed by atoms with Crippen LogP contribution < -0.4 is 15.8 Å². The highest BCUT2D eigenvalue weighted by atomic mass is 35.5. The summed E-state index contributed by atoms with van der Waals surface area (Å²) in [5.74, 6) is 0.0431. The minimum absolute atomic E-state index is 0. The smallest absolute Gasteiger partial charge is 0.272 e. The van der Waals surface area contributed by atoms with Gasteiger partial charge in [-0.2, -0.15) is 0 Å². The van der Waals surface area contributed by atoms with Crippen LogP contribution >= 0.6 is 12.4 Å². The van der Waals surface area contributed by atoms with Crippen LogP contribution in [0.1, 0.15) is 32.6 Å². The number of ether oxygens (including phenoxy) is 1. The van der Waals surface area contributed by atoms with E-state index in [1.807, 2.05) is 6.92 Å². The molecule has 3 N–H and O–H groups in total. The second kappa shape index (κ2) is 8.45. The lowest BCUT2D eigenvalue weighted by atomic mass is 9.74. The lowest BCUT2D eigenvalue weighted by Crippen LogP contribution is -2.51. The Kier molecular flexibility index (Phi) is 7.22. The molecule has 23 heavy (non-hydrogen) atoms. The molecule has 1 aromatic carbocycles. The Hall–Kier alpha value is -1.40. The number of benzene rings is 1. The number of hydrogen-bond donors (Lipinski definition) is 2. The molecule has 0 spiro atoms. The van der Waals surface area contributed by atoms with Gasteiger partial charge in [0.25, 0.3) is 6.43 Å². The summed E-state index contributed by atoms with van der Waals surface area (Å²) in [7, 11) is 0. The molecule has 0 radical (unpaired) electrons. The van der Waals surface area contributed by atoms with Crippen molar-refractivity contribution in [3.63, 3.8) is 0 Å². The number of carbonyl (C=O) groups is 1. The van der Waals surface area contributed by atoms with E-state index in [0.717, 1.165) is 25.7 Å². The van der Waals surface area contributed by atoms with Gasteiger partial charge < -0.3 is 15.8 Å². The van der Waals surface area contributed by atoms with E-state index in [2.05, 4.69) is 5.32 Å². The number of carbonyl (C=O) groups excluding carboxylic acids is 1. The first-order valence-corrected chi connectivity index (χ1v) is 7.49. The van der Waals surface area contributed by atoms with Crippen molar-refractivity contribution in [1.82, 2.24) is 0 Å². The molecule has 0 aliphatic heterocycles. The van der Waals surface area contributed by atoms with Crippen LogP contribution in [-0.2, 0) is 4.79 Å². The quantitative estimate of drug-likeness (QED) is 0.854. The van der Waals surface area contributed by atoms with Crippen LogP contribution in [0, 0.1) is 5.92 Å². The van der Waals surface area contributed by atoms with Crippen LogP contribution in [0.3, 0.4) is 0 Å². The van der Waals surface area contributed by atoms with Crippen molar-refractivity contribution < 1.29 is 18.3 Å². The van der Waals surface area contributed by atoms with Crippen LogP contribution in [0.4, 0.5) is 14.5 Å². The SMILES string of the molecule is CC1(N)CCCCC1C(=O)Nc1ccc(OCC(F)F)cc1.Cl. The molecule has 0 heterocycles. The molecule has 0 saturated heterocycles. The first kappa shape index (κ1) is 19.6. The predicted molar refractivity (Wildman–Crippen MR) is 88.4 cm³/mol. The van der Waals surface area contributed by atoms with Gasteiger partial charge in [-0.05, 0) is 44.0 Å². The van der Waals surface area contributed by atoms with Crippen LogP contribution in [0.25, 0.3) is 0 Å². The topological polar surface area (TPSA) is 64.4 Å². The third-order valence-corrected chi connectivity index (χ3v) is 4.07. The van der Waals surface area contributed by atoms with Gasteiger partial charge in [0.05, 0.1) is 5.92 Å². The van der Waals surface area contributed by atoms with Crippen molar-refractivity contribution in [1.29, 1.82) is 0 Å². The summed E-state index contributed by atoms with van der Waals surface area (Å²) in [6.07, 6.45) is 1.17. The number of alkyl halides is 2. The first-order valence-electron chi connectivity index (χ1n) is 7.49. The van der Waals surface area contributed by atoms with E-state index in [4.69, 9.17) is 10.5 Å². The molecule has 4 nitrogen and oxygen atoms in total. The highest BCUT2D eigenvalue weighted by Gasteiger charge is 2.37. The molecule has 1 aromatic rings. The summed E-state index contributed by atoms with van der Waals surface area (Å²) >= 11 is 0. The third-order valence-electron chi connectivity index (χ3n) is 4.07. The standard InChI is InChI=1S/C16H22F2N2O2.ClH/c1-16(19)9-3-2-4-13(16)15(21)20-11-5-7-12(8-6-11)22-10-14(17)18;/h5-8,13-14H,2-4,9-10,19H2,1H3,(H,20,21);1H. The molecule has 1 aliphatic carbocycles. The Morgan fingerprint density at radius 3 is 2.61 bits per heavy atom. The molecular formula is C16H23ClF2N2O2. The van der Waals surface area contributed by atoms with Gasteiger partial charge in [0, 0.05) is 11.2 Å². The van der Waals surface area contributed by atoms with Gasteiger partial charge >= 0.3 is 0 Å². The van der Waals surface area contributed by atoms with Gasteiger partial charge in [-0.1, -0.05) is 12.8 Å². The average Bonchev–Trinajstić information content (AvgIpc) is 2.46. The monoisotopic (exact) mass is 348 g/mol. The molecule has 1 saturated carbocycles.